The number of carbonyl (C=O) groups excluding carboxylic acids is 2. The molecule has 0 saturated carbocycles. The Morgan fingerprint density at radius 2 is 1.91 bits per heavy atom. The normalized spacial score (nSPS) is 18.8. The average molecular weight is 441 g/mol. The average Bonchev–Trinajstić information content (AvgIpc) is 3.50. The molecular formula is C25H36N4O3. The Hall–Kier alpha value is -2.54. The second kappa shape index (κ2) is 10.4. The number of carbonyl (C=O) groups is 2. The van der Waals surface area contributed by atoms with E-state index in [9.17, 15) is 9.59 Å². The van der Waals surface area contributed by atoms with Crippen molar-refractivity contribution < 1.29 is 14.3 Å². The summed E-state index contributed by atoms with van der Waals surface area (Å²) in [5, 5.41) is 4.13. The maximum absolute atomic E-state index is 13.0. The lowest BCUT2D eigenvalue weighted by Gasteiger charge is -2.34. The van der Waals surface area contributed by atoms with E-state index in [1.165, 1.54) is 25.9 Å². The summed E-state index contributed by atoms with van der Waals surface area (Å²) in [5.74, 6) is 1.25. The number of amides is 2. The molecule has 2 aromatic rings. The van der Waals surface area contributed by atoms with Gasteiger partial charge >= 0.3 is 0 Å². The minimum atomic E-state index is -0.0143. The Balaban J connectivity index is 1.23. The van der Waals surface area contributed by atoms with Gasteiger partial charge in [-0.1, -0.05) is 6.92 Å². The van der Waals surface area contributed by atoms with E-state index < -0.39 is 0 Å². The molecule has 4 rings (SSSR count). The van der Waals surface area contributed by atoms with Crippen LogP contribution in [0.5, 0.6) is 5.75 Å². The van der Waals surface area contributed by atoms with Crippen molar-refractivity contribution >= 4 is 22.7 Å². The topological polar surface area (TPSA) is 77.7 Å². The lowest BCUT2D eigenvalue weighted by molar-refractivity contribution is -0.126. The number of nitrogens with one attached hydrogen (secondary N) is 2. The molecule has 0 aliphatic carbocycles. The first-order valence-corrected chi connectivity index (χ1v) is 12.0. The van der Waals surface area contributed by atoms with Crippen LogP contribution in [0.2, 0.25) is 0 Å². The van der Waals surface area contributed by atoms with Gasteiger partial charge in [-0.15, -0.1) is 0 Å². The van der Waals surface area contributed by atoms with Gasteiger partial charge in [0.25, 0.3) is 5.91 Å². The number of ether oxygens (including phenoxy) is 1. The summed E-state index contributed by atoms with van der Waals surface area (Å²) in [4.78, 5) is 33.2. The third-order valence-corrected chi connectivity index (χ3v) is 7.16. The van der Waals surface area contributed by atoms with Crippen LogP contribution in [-0.4, -0.2) is 73.0 Å². The predicted octanol–water partition coefficient (Wildman–Crippen LogP) is 3.27. The lowest BCUT2D eigenvalue weighted by Crippen LogP contribution is -2.43. The van der Waals surface area contributed by atoms with E-state index in [0.29, 0.717) is 24.7 Å². The molecule has 1 aromatic carbocycles. The second-order valence-corrected chi connectivity index (χ2v) is 9.25. The van der Waals surface area contributed by atoms with Crippen LogP contribution in [0, 0.1) is 11.8 Å². The number of fused-ring (bicyclic) bond motifs is 1. The molecule has 3 heterocycles. The number of aromatic amines is 1. The van der Waals surface area contributed by atoms with E-state index in [0.717, 1.165) is 49.0 Å². The van der Waals surface area contributed by atoms with Crippen LogP contribution in [0.25, 0.3) is 10.9 Å². The zero-order valence-corrected chi connectivity index (χ0v) is 19.4. The summed E-state index contributed by atoms with van der Waals surface area (Å²) in [6.07, 6.45) is 5.35. The van der Waals surface area contributed by atoms with Gasteiger partial charge in [0.2, 0.25) is 5.91 Å². The summed E-state index contributed by atoms with van der Waals surface area (Å²) in [6.45, 7) is 7.65. The summed E-state index contributed by atoms with van der Waals surface area (Å²) >= 11 is 0. The zero-order chi connectivity index (χ0) is 22.5. The van der Waals surface area contributed by atoms with E-state index in [4.69, 9.17) is 4.74 Å². The van der Waals surface area contributed by atoms with Gasteiger partial charge in [0, 0.05) is 42.5 Å². The summed E-state index contributed by atoms with van der Waals surface area (Å²) in [6, 6.07) is 7.67. The number of likely N-dealkylation sites (tertiary alicyclic amines) is 2. The minimum Gasteiger partial charge on any atom is -0.497 e. The number of hydrogen-bond donors (Lipinski definition) is 2. The van der Waals surface area contributed by atoms with E-state index in [2.05, 4.69) is 15.2 Å². The summed E-state index contributed by atoms with van der Waals surface area (Å²) < 4.78 is 5.27. The van der Waals surface area contributed by atoms with Crippen molar-refractivity contribution in [3.05, 3.63) is 30.0 Å². The fraction of sp³-hybridized carbons (Fsp3) is 0.600. The van der Waals surface area contributed by atoms with Crippen molar-refractivity contribution in [3.8, 4) is 5.75 Å². The van der Waals surface area contributed by atoms with Crippen LogP contribution in [0.3, 0.4) is 0 Å². The molecule has 2 aliphatic heterocycles. The van der Waals surface area contributed by atoms with Crippen LogP contribution < -0.4 is 10.1 Å². The van der Waals surface area contributed by atoms with Gasteiger partial charge in [-0.3, -0.25) is 9.59 Å². The van der Waals surface area contributed by atoms with Crippen LogP contribution in [0.1, 0.15) is 49.5 Å². The van der Waals surface area contributed by atoms with E-state index in [1.807, 2.05) is 36.1 Å². The predicted molar refractivity (Wildman–Crippen MR) is 126 cm³/mol. The molecule has 7 heteroatoms. The van der Waals surface area contributed by atoms with E-state index >= 15 is 0 Å². The molecule has 1 aromatic heterocycles. The van der Waals surface area contributed by atoms with Crippen LogP contribution >= 0.6 is 0 Å². The highest BCUT2D eigenvalue weighted by molar-refractivity contribution is 5.98. The van der Waals surface area contributed by atoms with Gasteiger partial charge in [0.05, 0.1) is 7.11 Å². The number of rotatable bonds is 8. The number of H-pyrrole nitrogens is 1. The second-order valence-electron chi connectivity index (χ2n) is 9.25. The Morgan fingerprint density at radius 3 is 2.62 bits per heavy atom. The van der Waals surface area contributed by atoms with Crippen LogP contribution in [0.15, 0.2) is 24.3 Å². The highest BCUT2D eigenvalue weighted by atomic mass is 16.5. The maximum atomic E-state index is 13.0. The van der Waals surface area contributed by atoms with Crippen molar-refractivity contribution in [2.24, 2.45) is 11.8 Å². The largest absolute Gasteiger partial charge is 0.497 e. The molecule has 1 atom stereocenters. The van der Waals surface area contributed by atoms with Gasteiger partial charge in [0.1, 0.15) is 11.4 Å². The molecular weight excluding hydrogens is 404 g/mol. The minimum absolute atomic E-state index is 0.0143. The van der Waals surface area contributed by atoms with Gasteiger partial charge < -0.3 is 24.8 Å². The molecule has 0 spiro atoms. The van der Waals surface area contributed by atoms with Crippen molar-refractivity contribution in [2.75, 3.05) is 46.4 Å². The molecule has 1 unspecified atom stereocenters. The lowest BCUT2D eigenvalue weighted by atomic mass is 9.84. The SMILES string of the molecule is COc1ccc2cc(C(=O)N3CCC(C(C)C(=O)NCCCN4CCCC4)CC3)[nH]c2c1. The van der Waals surface area contributed by atoms with Crippen molar-refractivity contribution in [1.29, 1.82) is 0 Å². The third-order valence-electron chi connectivity index (χ3n) is 7.16. The maximum Gasteiger partial charge on any atom is 0.270 e. The number of piperidine rings is 1. The molecule has 2 N–H and O–H groups in total. The first kappa shape index (κ1) is 22.6. The Morgan fingerprint density at radius 1 is 1.16 bits per heavy atom. The van der Waals surface area contributed by atoms with Crippen molar-refractivity contribution in [2.45, 2.75) is 39.0 Å². The third kappa shape index (κ3) is 5.26. The molecule has 174 valence electrons. The number of benzene rings is 1. The molecule has 2 amide bonds. The number of aromatic nitrogens is 1. The molecule has 0 bridgehead atoms. The molecule has 7 nitrogen and oxygen atoms in total. The van der Waals surface area contributed by atoms with Gasteiger partial charge in [-0.25, -0.2) is 0 Å². The Kier molecular flexibility index (Phi) is 7.35. The monoisotopic (exact) mass is 440 g/mol. The molecule has 0 radical (unpaired) electrons. The fourth-order valence-electron chi connectivity index (χ4n) is 5.02. The van der Waals surface area contributed by atoms with Crippen LogP contribution in [0.4, 0.5) is 0 Å². The highest BCUT2D eigenvalue weighted by Crippen LogP contribution is 2.27. The first-order valence-electron chi connectivity index (χ1n) is 12.0. The molecule has 2 fully saturated rings. The number of methoxy groups -OCH3 is 1. The fourth-order valence-corrected chi connectivity index (χ4v) is 5.02. The Labute approximate surface area is 190 Å². The van der Waals surface area contributed by atoms with Gasteiger partial charge in [0.15, 0.2) is 0 Å². The van der Waals surface area contributed by atoms with Crippen molar-refractivity contribution in [1.82, 2.24) is 20.1 Å². The standard InChI is InChI=1S/C25H36N4O3/c1-18(24(30)26-10-5-13-28-11-3-4-12-28)19-8-14-29(15-9-19)25(31)23-16-20-6-7-21(32-2)17-22(20)27-23/h6-7,16-19,27H,3-5,8-15H2,1-2H3,(H,26,30). The smallest absolute Gasteiger partial charge is 0.270 e. The summed E-state index contributed by atoms with van der Waals surface area (Å²) in [7, 11) is 1.64. The first-order chi connectivity index (χ1) is 15.5. The highest BCUT2D eigenvalue weighted by Gasteiger charge is 2.30. The quantitative estimate of drug-likeness (QED) is 0.618. The zero-order valence-electron chi connectivity index (χ0n) is 19.4. The summed E-state index contributed by atoms with van der Waals surface area (Å²) in [5.41, 5.74) is 1.51. The van der Waals surface area contributed by atoms with Crippen molar-refractivity contribution in [3.63, 3.8) is 0 Å². The number of nitrogens with zero attached hydrogens (tertiary/aromatic N) is 2. The molecule has 32 heavy (non-hydrogen) atoms. The van der Waals surface area contributed by atoms with E-state index in [-0.39, 0.29) is 17.7 Å². The van der Waals surface area contributed by atoms with Gasteiger partial charge in [-0.2, -0.15) is 0 Å². The van der Waals surface area contributed by atoms with Gasteiger partial charge in [-0.05, 0) is 75.9 Å². The Bertz CT molecular complexity index is 926. The molecule has 2 aliphatic rings. The van der Waals surface area contributed by atoms with Crippen LogP contribution in [-0.2, 0) is 4.79 Å². The molecule has 2 saturated heterocycles. The van der Waals surface area contributed by atoms with E-state index in [1.54, 1.807) is 7.11 Å². The number of hydrogen-bond acceptors (Lipinski definition) is 4.